The molecule has 0 amide bonds. The van der Waals surface area contributed by atoms with Gasteiger partial charge >= 0.3 is 22.4 Å². The van der Waals surface area contributed by atoms with E-state index in [-0.39, 0.29) is 43.3 Å². The fourth-order valence-electron chi connectivity index (χ4n) is 3.72. The van der Waals surface area contributed by atoms with Crippen LogP contribution in [0.25, 0.3) is 0 Å². The molecule has 31 heavy (non-hydrogen) atoms. The van der Waals surface area contributed by atoms with E-state index in [0.29, 0.717) is 0 Å². The van der Waals surface area contributed by atoms with Crippen molar-refractivity contribution in [3.8, 4) is 0 Å². The van der Waals surface area contributed by atoms with E-state index >= 15 is 0 Å². The van der Waals surface area contributed by atoms with Gasteiger partial charge in [0.2, 0.25) is 0 Å². The molecular weight excluding hydrogens is 632 g/mol. The minimum Gasteiger partial charge on any atom is -0.787 e. The molecule has 190 valence electrons. The van der Waals surface area contributed by atoms with E-state index in [4.69, 9.17) is 27.2 Å². The zero-order valence-corrected chi connectivity index (χ0v) is 22.2. The van der Waals surface area contributed by atoms with Gasteiger partial charge in [-0.25, -0.2) is 0 Å². The van der Waals surface area contributed by atoms with Crippen LogP contribution in [0.5, 0.6) is 0 Å². The molecule has 1 saturated heterocycles. The van der Waals surface area contributed by atoms with Gasteiger partial charge in [-0.05, 0) is 28.7 Å². The minimum absolute atomic E-state index is 0. The van der Waals surface area contributed by atoms with Crippen LogP contribution in [-0.4, -0.2) is 122 Å². The molecule has 0 radical (unpaired) electrons. The number of ether oxygens (including phenoxy) is 2. The second-order valence-electron chi connectivity index (χ2n) is 7.81. The van der Waals surface area contributed by atoms with Gasteiger partial charge in [-0.2, -0.15) is 0 Å². The molecule has 4 unspecified atom stereocenters. The van der Waals surface area contributed by atoms with E-state index in [1.165, 1.54) is 18.5 Å². The number of rotatable bonds is 7. The molecule has 1 aliphatic carbocycles. The van der Waals surface area contributed by atoms with Gasteiger partial charge < -0.3 is 57.8 Å². The van der Waals surface area contributed by atoms with E-state index in [9.17, 15) is 30.6 Å². The fourth-order valence-corrected chi connectivity index (χ4v) is 5.63. The van der Waals surface area contributed by atoms with E-state index in [1.807, 2.05) is 0 Å². The van der Waals surface area contributed by atoms with Crippen LogP contribution < -0.4 is 0 Å². The van der Waals surface area contributed by atoms with Crippen molar-refractivity contribution in [2.75, 3.05) is 31.7 Å². The molecule has 9 nitrogen and oxygen atoms in total. The first-order valence-corrected chi connectivity index (χ1v) is 13.2. The largest absolute Gasteiger partial charge is 1.00 e. The number of hydrogen-bond donors (Lipinski definition) is 7. The monoisotopic (exact) mass is 671 g/mol. The van der Waals surface area contributed by atoms with Gasteiger partial charge in [-0.15, -0.1) is 5.25 Å². The summed E-state index contributed by atoms with van der Waals surface area (Å²) in [5.41, 5.74) is 0. The molecule has 1 heterocycles. The van der Waals surface area contributed by atoms with E-state index in [2.05, 4.69) is 20.8 Å². The van der Waals surface area contributed by atoms with Crippen molar-refractivity contribution in [3.05, 3.63) is 0 Å². The van der Waals surface area contributed by atoms with Gasteiger partial charge in [0.1, 0.15) is 30.5 Å². The summed E-state index contributed by atoms with van der Waals surface area (Å²) in [6.07, 6.45) is -6.53. The molecule has 10 atom stereocenters. The van der Waals surface area contributed by atoms with Crippen molar-refractivity contribution >= 4 is 20.6 Å². The SMILES string of the molecule is CC[PH+](CC)CC.OCC1O[C@@H](O[C@@H]2C(CO)C[C@@H]([S-])C(O)[C@H]2O)C(O)[C@@H](O)[C@@H]1O.[Au+]. The second kappa shape index (κ2) is 15.9. The quantitative estimate of drug-likeness (QED) is 0.0925. The van der Waals surface area contributed by atoms with Crippen molar-refractivity contribution < 1.29 is 67.6 Å². The smallest absolute Gasteiger partial charge is 0.787 e. The van der Waals surface area contributed by atoms with E-state index in [0.717, 1.165) is 0 Å². The molecule has 12 heteroatoms. The van der Waals surface area contributed by atoms with E-state index in [1.54, 1.807) is 0 Å². The summed E-state index contributed by atoms with van der Waals surface area (Å²) in [7, 11) is 0.137. The van der Waals surface area contributed by atoms with Crippen molar-refractivity contribution in [2.24, 2.45) is 5.92 Å². The maximum absolute atomic E-state index is 10.1. The standard InChI is InChI=1S/C13H24O9S.C6H15P.Au/c14-2-4-1-6(23)8(17)10(19)12(4)22-13-11(20)9(18)7(16)5(3-15)21-13;1-4-7(5-2)6-3;/h4-20,23H,1-3H2;4-6H2,1-3H3;/q;;+1/t4?,5?,6-,7-,8?,9+,10-,11?,12-,13+;;/m1../s1. The number of aliphatic hydroxyl groups is 7. The third kappa shape index (κ3) is 8.71. The van der Waals surface area contributed by atoms with Crippen molar-refractivity contribution in [2.45, 2.75) is 81.5 Å². The molecule has 7 N–H and O–H groups in total. The topological polar surface area (TPSA) is 160 Å². The van der Waals surface area contributed by atoms with Crippen LogP contribution in [0.15, 0.2) is 0 Å². The molecule has 0 spiro atoms. The normalized spacial score (nSPS) is 40.6. The first-order valence-electron chi connectivity index (χ1n) is 10.6. The van der Waals surface area contributed by atoms with Crippen LogP contribution in [0, 0.1) is 5.92 Å². The number of aliphatic hydroxyl groups excluding tert-OH is 7. The van der Waals surface area contributed by atoms with Gasteiger partial charge in [0.15, 0.2) is 6.29 Å². The molecule has 2 aliphatic rings. The van der Waals surface area contributed by atoms with Gasteiger partial charge in [-0.1, -0.05) is 6.42 Å². The molecule has 1 aliphatic heterocycles. The fraction of sp³-hybridized carbons (Fsp3) is 1.00. The Morgan fingerprint density at radius 2 is 1.39 bits per heavy atom. The summed E-state index contributed by atoms with van der Waals surface area (Å²) in [6.45, 7) is 5.95. The Kier molecular flexibility index (Phi) is 16.5. The zero-order chi connectivity index (χ0) is 23.0. The third-order valence-corrected chi connectivity index (χ3v) is 9.41. The molecule has 0 aromatic rings. The Morgan fingerprint density at radius 3 is 1.81 bits per heavy atom. The summed E-state index contributed by atoms with van der Waals surface area (Å²) in [6, 6.07) is 0. The predicted molar refractivity (Wildman–Crippen MR) is 117 cm³/mol. The molecule has 2 fully saturated rings. The molecule has 0 aromatic carbocycles. The summed E-state index contributed by atoms with van der Waals surface area (Å²) in [4.78, 5) is 0. The van der Waals surface area contributed by atoms with Gasteiger partial charge in [0.25, 0.3) is 0 Å². The molecule has 1 saturated carbocycles. The van der Waals surface area contributed by atoms with Gasteiger partial charge in [0.05, 0.1) is 37.3 Å². The summed E-state index contributed by atoms with van der Waals surface area (Å²) in [5.74, 6) is -0.594. The molecule has 0 aromatic heterocycles. The average Bonchev–Trinajstić information content (AvgIpc) is 2.75. The third-order valence-electron chi connectivity index (χ3n) is 5.94. The van der Waals surface area contributed by atoms with Crippen LogP contribution in [0.2, 0.25) is 0 Å². The van der Waals surface area contributed by atoms with E-state index < -0.39 is 66.8 Å². The summed E-state index contributed by atoms with van der Waals surface area (Å²) in [5, 5.41) is 67.3. The van der Waals surface area contributed by atoms with Crippen molar-refractivity contribution in [1.82, 2.24) is 0 Å². The van der Waals surface area contributed by atoms with Crippen LogP contribution in [-0.2, 0) is 44.5 Å². The Labute approximate surface area is 206 Å². The van der Waals surface area contributed by atoms with Crippen LogP contribution >= 0.6 is 7.92 Å². The first kappa shape index (κ1) is 32.2. The molecule has 0 bridgehead atoms. The molecular formula is C19H39AuO9PS+. The van der Waals surface area contributed by atoms with Crippen molar-refractivity contribution in [3.63, 3.8) is 0 Å². The minimum atomic E-state index is -1.63. The number of hydrogen-bond acceptors (Lipinski definition) is 10. The van der Waals surface area contributed by atoms with Crippen LogP contribution in [0.1, 0.15) is 27.2 Å². The summed E-state index contributed by atoms with van der Waals surface area (Å²) >= 11 is 5.02. The maximum Gasteiger partial charge on any atom is 1.00 e. The zero-order valence-electron chi connectivity index (χ0n) is 18.2. The van der Waals surface area contributed by atoms with Gasteiger partial charge in [0, 0.05) is 12.5 Å². The van der Waals surface area contributed by atoms with Crippen LogP contribution in [0.4, 0.5) is 0 Å². The van der Waals surface area contributed by atoms with Crippen LogP contribution in [0.3, 0.4) is 0 Å². The van der Waals surface area contributed by atoms with Crippen molar-refractivity contribution in [1.29, 1.82) is 0 Å². The molecule has 2 rings (SSSR count). The first-order chi connectivity index (χ1) is 14.2. The Bertz CT molecular complexity index is 470. The Morgan fingerprint density at radius 1 is 0.839 bits per heavy atom. The Balaban J connectivity index is 0.000000975. The second-order valence-corrected chi connectivity index (χ2v) is 12.0. The average molecular weight is 672 g/mol. The predicted octanol–water partition coefficient (Wildman–Crippen LogP) is -1.92. The summed E-state index contributed by atoms with van der Waals surface area (Å²) < 4.78 is 10.7. The maximum atomic E-state index is 10.1. The Hall–Kier alpha value is 1.16. The van der Waals surface area contributed by atoms with Gasteiger partial charge in [-0.3, -0.25) is 0 Å².